The van der Waals surface area contributed by atoms with Gasteiger partial charge in [-0.2, -0.15) is 0 Å². The van der Waals surface area contributed by atoms with Crippen molar-refractivity contribution in [2.45, 2.75) is 12.2 Å². The molecule has 5 N–H and O–H groups in total. The van der Waals surface area contributed by atoms with Gasteiger partial charge in [0.05, 0.1) is 26.4 Å². The smallest absolute Gasteiger partial charge is 0.327 e. The van der Waals surface area contributed by atoms with Crippen LogP contribution in [-0.4, -0.2) is 70.1 Å². The van der Waals surface area contributed by atoms with E-state index in [1.807, 2.05) is 0 Å². The number of hydrogen-bond acceptors (Lipinski definition) is 6. The summed E-state index contributed by atoms with van der Waals surface area (Å²) in [7, 11) is 0. The maximum atomic E-state index is 9.25. The van der Waals surface area contributed by atoms with Crippen molar-refractivity contribution in [2.24, 2.45) is 0 Å². The molecule has 0 heterocycles. The molecule has 0 saturated carbocycles. The van der Waals surface area contributed by atoms with E-state index in [2.05, 4.69) is 6.58 Å². The van der Waals surface area contributed by atoms with Gasteiger partial charge in [-0.05, 0) is 0 Å². The van der Waals surface area contributed by atoms with Gasteiger partial charge >= 0.3 is 5.97 Å². The van der Waals surface area contributed by atoms with E-state index in [1.54, 1.807) is 0 Å². The minimum absolute atomic E-state index is 0.0342. The van der Waals surface area contributed by atoms with Crippen LogP contribution in [0.2, 0.25) is 0 Å². The predicted octanol–water partition coefficient (Wildman–Crippen LogP) is -2.03. The maximum absolute atomic E-state index is 9.25. The van der Waals surface area contributed by atoms with E-state index in [1.165, 1.54) is 0 Å². The van der Waals surface area contributed by atoms with Crippen molar-refractivity contribution in [1.82, 2.24) is 0 Å². The van der Waals surface area contributed by atoms with Crippen molar-refractivity contribution in [3.8, 4) is 0 Å². The third kappa shape index (κ3) is 15.5. The molecule has 0 bridgehead atoms. The third-order valence-corrected chi connectivity index (χ3v) is 1.22. The molecule has 0 radical (unpaired) electrons. The second-order valence-electron chi connectivity index (χ2n) is 2.75. The lowest BCUT2D eigenvalue weighted by Gasteiger charge is -2.10. The average Bonchev–Trinajstić information content (AvgIpc) is 2.29. The van der Waals surface area contributed by atoms with Gasteiger partial charge in [-0.1, -0.05) is 6.58 Å². The molecule has 0 aromatic heterocycles. The fourth-order valence-electron chi connectivity index (χ4n) is 0.446. The molecule has 0 aromatic carbocycles. The molecule has 96 valence electrons. The van der Waals surface area contributed by atoms with E-state index in [0.717, 1.165) is 6.08 Å². The zero-order valence-electron chi connectivity index (χ0n) is 8.82. The molecule has 0 aliphatic rings. The Morgan fingerprint density at radius 2 is 1.50 bits per heavy atom. The van der Waals surface area contributed by atoms with Crippen LogP contribution in [0.4, 0.5) is 0 Å². The van der Waals surface area contributed by atoms with Crippen molar-refractivity contribution in [3.05, 3.63) is 12.7 Å². The van der Waals surface area contributed by atoms with Gasteiger partial charge in [0.2, 0.25) is 0 Å². The van der Waals surface area contributed by atoms with Crippen molar-refractivity contribution in [3.63, 3.8) is 0 Å². The lowest BCUT2D eigenvalue weighted by atomic mass is 10.4. The topological polar surface area (TPSA) is 127 Å². The van der Waals surface area contributed by atoms with E-state index in [0.29, 0.717) is 0 Å². The number of carboxylic acids is 1. The summed E-state index contributed by atoms with van der Waals surface area (Å²) in [6, 6.07) is 0. The minimum Gasteiger partial charge on any atom is -0.478 e. The standard InChI is InChI=1S/C6H14O5.C3H4O2/c7-1-5(9)3-11-4-6(10)2-8;1-2-3(4)5/h5-10H,1-4H2;2H,1H2,(H,4,5). The highest BCUT2D eigenvalue weighted by Crippen LogP contribution is 1.87. The SMILES string of the molecule is C=CC(=O)O.OCC(O)COCC(O)CO. The van der Waals surface area contributed by atoms with Crippen LogP contribution in [0.15, 0.2) is 12.7 Å². The van der Waals surface area contributed by atoms with Crippen LogP contribution < -0.4 is 0 Å². The normalized spacial score (nSPS) is 13.2. The van der Waals surface area contributed by atoms with E-state index in [9.17, 15) is 4.79 Å². The van der Waals surface area contributed by atoms with Gasteiger partial charge in [0.15, 0.2) is 0 Å². The van der Waals surface area contributed by atoms with E-state index in [4.69, 9.17) is 30.3 Å². The van der Waals surface area contributed by atoms with Gasteiger partial charge in [-0.15, -0.1) is 0 Å². The fraction of sp³-hybridized carbons (Fsp3) is 0.667. The summed E-state index contributed by atoms with van der Waals surface area (Å²) < 4.78 is 4.72. The quantitative estimate of drug-likeness (QED) is 0.323. The molecule has 0 spiro atoms. The molecule has 0 aliphatic heterocycles. The Morgan fingerprint density at radius 1 is 1.19 bits per heavy atom. The Labute approximate surface area is 93.2 Å². The Hall–Kier alpha value is -0.990. The first kappa shape index (κ1) is 17.4. The minimum atomic E-state index is -0.981. The summed E-state index contributed by atoms with van der Waals surface area (Å²) >= 11 is 0. The second-order valence-corrected chi connectivity index (χ2v) is 2.75. The van der Waals surface area contributed by atoms with Crippen molar-refractivity contribution < 1.29 is 35.1 Å². The molecule has 0 fully saturated rings. The first-order valence-corrected chi connectivity index (χ1v) is 4.48. The number of aliphatic hydroxyl groups is 4. The monoisotopic (exact) mass is 238 g/mol. The van der Waals surface area contributed by atoms with Gasteiger partial charge in [-0.3, -0.25) is 0 Å². The number of hydrogen-bond donors (Lipinski definition) is 5. The van der Waals surface area contributed by atoms with Gasteiger partial charge in [0, 0.05) is 6.08 Å². The summed E-state index contributed by atoms with van der Waals surface area (Å²) in [5.41, 5.74) is 0. The zero-order valence-corrected chi connectivity index (χ0v) is 8.82. The van der Waals surface area contributed by atoms with Crippen LogP contribution in [0, 0.1) is 0 Å². The number of carboxylic acid groups (broad SMARTS) is 1. The molecule has 0 aromatic rings. The average molecular weight is 238 g/mol. The van der Waals surface area contributed by atoms with Crippen molar-refractivity contribution >= 4 is 5.97 Å². The Balaban J connectivity index is 0. The molecule has 0 rings (SSSR count). The summed E-state index contributed by atoms with van der Waals surface area (Å²) in [6.07, 6.45) is -0.998. The lowest BCUT2D eigenvalue weighted by molar-refractivity contribution is -0.131. The van der Waals surface area contributed by atoms with E-state index in [-0.39, 0.29) is 26.4 Å². The van der Waals surface area contributed by atoms with Crippen LogP contribution >= 0.6 is 0 Å². The van der Waals surface area contributed by atoms with Crippen LogP contribution in [0.3, 0.4) is 0 Å². The van der Waals surface area contributed by atoms with Gasteiger partial charge in [-0.25, -0.2) is 4.79 Å². The highest BCUT2D eigenvalue weighted by atomic mass is 16.5. The summed E-state index contributed by atoms with van der Waals surface area (Å²) in [5, 5.41) is 41.7. The maximum Gasteiger partial charge on any atom is 0.327 e. The van der Waals surface area contributed by atoms with Crippen LogP contribution in [0.1, 0.15) is 0 Å². The Morgan fingerprint density at radius 3 is 1.69 bits per heavy atom. The van der Waals surface area contributed by atoms with Crippen LogP contribution in [0.25, 0.3) is 0 Å². The number of ether oxygens (including phenoxy) is 1. The van der Waals surface area contributed by atoms with Crippen LogP contribution in [0.5, 0.6) is 0 Å². The molecule has 2 atom stereocenters. The molecule has 7 nitrogen and oxygen atoms in total. The molecule has 16 heavy (non-hydrogen) atoms. The molecular weight excluding hydrogens is 220 g/mol. The van der Waals surface area contributed by atoms with Gasteiger partial charge < -0.3 is 30.3 Å². The Kier molecular flexibility index (Phi) is 13.1. The highest BCUT2D eigenvalue weighted by molar-refractivity contribution is 5.78. The van der Waals surface area contributed by atoms with Crippen molar-refractivity contribution in [2.75, 3.05) is 26.4 Å². The predicted molar refractivity (Wildman–Crippen MR) is 54.8 cm³/mol. The number of carbonyl (C=O) groups is 1. The summed E-state index contributed by atoms with van der Waals surface area (Å²) in [5.74, 6) is -0.981. The largest absolute Gasteiger partial charge is 0.478 e. The highest BCUT2D eigenvalue weighted by Gasteiger charge is 2.04. The first-order chi connectivity index (χ1) is 7.47. The van der Waals surface area contributed by atoms with Gasteiger partial charge in [0.1, 0.15) is 12.2 Å². The molecule has 2 unspecified atom stereocenters. The third-order valence-electron chi connectivity index (χ3n) is 1.22. The van der Waals surface area contributed by atoms with Crippen LogP contribution in [-0.2, 0) is 9.53 Å². The van der Waals surface area contributed by atoms with Gasteiger partial charge in [0.25, 0.3) is 0 Å². The molecule has 0 saturated heterocycles. The number of aliphatic hydroxyl groups excluding tert-OH is 4. The fourth-order valence-corrected chi connectivity index (χ4v) is 0.446. The summed E-state index contributed by atoms with van der Waals surface area (Å²) in [6.45, 7) is 2.16. The number of rotatable bonds is 7. The molecule has 0 amide bonds. The number of aliphatic carboxylic acids is 1. The first-order valence-electron chi connectivity index (χ1n) is 4.48. The molecule has 0 aliphatic carbocycles. The molecule has 7 heteroatoms. The lowest BCUT2D eigenvalue weighted by Crippen LogP contribution is -2.25. The molecular formula is C9H18O7. The van der Waals surface area contributed by atoms with Crippen molar-refractivity contribution in [1.29, 1.82) is 0 Å². The van der Waals surface area contributed by atoms with E-state index >= 15 is 0 Å². The second kappa shape index (κ2) is 12.1. The van der Waals surface area contributed by atoms with E-state index < -0.39 is 18.2 Å². The summed E-state index contributed by atoms with van der Waals surface area (Å²) in [4.78, 5) is 9.25. The zero-order chi connectivity index (χ0) is 13.0. The Bertz CT molecular complexity index is 173.